The van der Waals surface area contributed by atoms with Crippen LogP contribution in [0, 0.1) is 6.92 Å². The summed E-state index contributed by atoms with van der Waals surface area (Å²) in [6, 6.07) is 8.20. The first-order valence-corrected chi connectivity index (χ1v) is 9.00. The molecule has 0 unspecified atom stereocenters. The molecule has 0 radical (unpaired) electrons. The van der Waals surface area contributed by atoms with Gasteiger partial charge in [-0.15, -0.1) is 0 Å². The number of hydrogen-bond acceptors (Lipinski definition) is 4. The van der Waals surface area contributed by atoms with Gasteiger partial charge in [0.25, 0.3) is 5.56 Å². The van der Waals surface area contributed by atoms with E-state index in [0.29, 0.717) is 5.95 Å². The van der Waals surface area contributed by atoms with Gasteiger partial charge in [0.2, 0.25) is 5.95 Å². The van der Waals surface area contributed by atoms with Crippen molar-refractivity contribution in [2.75, 3.05) is 11.9 Å². The Morgan fingerprint density at radius 1 is 1.20 bits per heavy atom. The number of aromatic nitrogens is 4. The van der Waals surface area contributed by atoms with Crippen LogP contribution in [-0.2, 0) is 19.4 Å². The van der Waals surface area contributed by atoms with E-state index in [4.69, 9.17) is 0 Å². The SMILES string of the molecule is Cc1nc2ccccc2n1CCCNc1nc2c(c(=O)[nH]1)CCCC2. The zero-order valence-electron chi connectivity index (χ0n) is 14.5. The third kappa shape index (κ3) is 3.16. The third-order valence-corrected chi connectivity index (χ3v) is 4.89. The van der Waals surface area contributed by atoms with E-state index in [-0.39, 0.29) is 5.56 Å². The summed E-state index contributed by atoms with van der Waals surface area (Å²) in [4.78, 5) is 24.2. The van der Waals surface area contributed by atoms with Crippen LogP contribution in [0.4, 0.5) is 5.95 Å². The van der Waals surface area contributed by atoms with Crippen LogP contribution in [0.1, 0.15) is 36.3 Å². The standard InChI is InChI=1S/C19H23N5O/c1-13-21-16-9-4-5-10-17(16)24(13)12-6-11-20-19-22-15-8-3-2-7-14(15)18(25)23-19/h4-5,9-10H,2-3,6-8,11-12H2,1H3,(H2,20,22,23,25). The maximum Gasteiger partial charge on any atom is 0.255 e. The molecule has 0 spiro atoms. The molecule has 1 aliphatic carbocycles. The van der Waals surface area contributed by atoms with Gasteiger partial charge in [-0.05, 0) is 51.2 Å². The average molecular weight is 337 g/mol. The molecule has 0 bridgehead atoms. The molecular formula is C19H23N5O. The normalized spacial score (nSPS) is 13.8. The highest BCUT2D eigenvalue weighted by molar-refractivity contribution is 5.75. The fourth-order valence-electron chi connectivity index (χ4n) is 3.61. The lowest BCUT2D eigenvalue weighted by molar-refractivity contribution is 0.648. The van der Waals surface area contributed by atoms with E-state index in [0.717, 1.165) is 67.8 Å². The number of H-pyrrole nitrogens is 1. The van der Waals surface area contributed by atoms with Crippen molar-refractivity contribution < 1.29 is 0 Å². The lowest BCUT2D eigenvalue weighted by Gasteiger charge is -2.15. The van der Waals surface area contributed by atoms with Gasteiger partial charge in [-0.3, -0.25) is 9.78 Å². The first-order chi connectivity index (χ1) is 12.2. The van der Waals surface area contributed by atoms with Crippen molar-refractivity contribution >= 4 is 17.0 Å². The molecule has 0 fully saturated rings. The molecule has 6 nitrogen and oxygen atoms in total. The molecule has 3 aromatic rings. The molecule has 1 aliphatic rings. The van der Waals surface area contributed by atoms with Crippen molar-refractivity contribution in [3.05, 3.63) is 51.7 Å². The zero-order chi connectivity index (χ0) is 17.2. The summed E-state index contributed by atoms with van der Waals surface area (Å²) in [6.07, 6.45) is 4.90. The quantitative estimate of drug-likeness (QED) is 0.702. The van der Waals surface area contributed by atoms with Crippen molar-refractivity contribution in [3.8, 4) is 0 Å². The predicted molar refractivity (Wildman–Crippen MR) is 99.1 cm³/mol. The van der Waals surface area contributed by atoms with E-state index in [2.05, 4.69) is 30.9 Å². The average Bonchev–Trinajstić information content (AvgIpc) is 2.94. The Labute approximate surface area is 146 Å². The number of rotatable bonds is 5. The van der Waals surface area contributed by atoms with Crippen LogP contribution in [0.25, 0.3) is 11.0 Å². The highest BCUT2D eigenvalue weighted by atomic mass is 16.1. The molecule has 130 valence electrons. The van der Waals surface area contributed by atoms with Gasteiger partial charge in [0.1, 0.15) is 5.82 Å². The van der Waals surface area contributed by atoms with Crippen LogP contribution < -0.4 is 10.9 Å². The molecular weight excluding hydrogens is 314 g/mol. The molecule has 2 aromatic heterocycles. The molecule has 0 saturated heterocycles. The molecule has 4 rings (SSSR count). The minimum absolute atomic E-state index is 0.0173. The van der Waals surface area contributed by atoms with Gasteiger partial charge in [-0.1, -0.05) is 12.1 Å². The number of nitrogens with zero attached hydrogens (tertiary/aromatic N) is 3. The number of para-hydroxylation sites is 2. The number of hydrogen-bond donors (Lipinski definition) is 2. The van der Waals surface area contributed by atoms with Crippen LogP contribution in [-0.4, -0.2) is 26.1 Å². The second-order valence-electron chi connectivity index (χ2n) is 6.63. The second kappa shape index (κ2) is 6.70. The summed E-state index contributed by atoms with van der Waals surface area (Å²) in [5.41, 5.74) is 4.06. The number of aromatic amines is 1. The summed E-state index contributed by atoms with van der Waals surface area (Å²) in [5.74, 6) is 1.62. The van der Waals surface area contributed by atoms with Gasteiger partial charge in [-0.25, -0.2) is 9.97 Å². The van der Waals surface area contributed by atoms with Gasteiger partial charge in [0.15, 0.2) is 0 Å². The van der Waals surface area contributed by atoms with Crippen molar-refractivity contribution in [1.82, 2.24) is 19.5 Å². The van der Waals surface area contributed by atoms with Crippen molar-refractivity contribution in [2.24, 2.45) is 0 Å². The van der Waals surface area contributed by atoms with E-state index < -0.39 is 0 Å². The molecule has 0 amide bonds. The van der Waals surface area contributed by atoms with Crippen LogP contribution in [0.3, 0.4) is 0 Å². The minimum atomic E-state index is 0.0173. The monoisotopic (exact) mass is 337 g/mol. The lowest BCUT2D eigenvalue weighted by atomic mass is 9.97. The fourth-order valence-corrected chi connectivity index (χ4v) is 3.61. The number of aryl methyl sites for hydroxylation is 3. The topological polar surface area (TPSA) is 75.6 Å². The first-order valence-electron chi connectivity index (χ1n) is 9.00. The Morgan fingerprint density at radius 3 is 2.96 bits per heavy atom. The van der Waals surface area contributed by atoms with Gasteiger partial charge in [0, 0.05) is 18.7 Å². The summed E-state index contributed by atoms with van der Waals surface area (Å²) in [5, 5.41) is 3.27. The molecule has 2 N–H and O–H groups in total. The molecule has 6 heteroatoms. The molecule has 0 aliphatic heterocycles. The van der Waals surface area contributed by atoms with Crippen molar-refractivity contribution in [2.45, 2.75) is 45.6 Å². The smallest absolute Gasteiger partial charge is 0.255 e. The van der Waals surface area contributed by atoms with Gasteiger partial charge < -0.3 is 9.88 Å². The zero-order valence-corrected chi connectivity index (χ0v) is 14.5. The number of nitrogens with one attached hydrogen (secondary N) is 2. The third-order valence-electron chi connectivity index (χ3n) is 4.89. The second-order valence-corrected chi connectivity index (χ2v) is 6.63. The molecule has 2 heterocycles. The van der Waals surface area contributed by atoms with E-state index >= 15 is 0 Å². The van der Waals surface area contributed by atoms with E-state index in [1.807, 2.05) is 25.1 Å². The Hall–Kier alpha value is -2.63. The number of anilines is 1. The highest BCUT2D eigenvalue weighted by Crippen LogP contribution is 2.17. The van der Waals surface area contributed by atoms with Crippen LogP contribution in [0.5, 0.6) is 0 Å². The lowest BCUT2D eigenvalue weighted by Crippen LogP contribution is -2.23. The Morgan fingerprint density at radius 2 is 2.04 bits per heavy atom. The molecule has 0 saturated carbocycles. The summed E-state index contributed by atoms with van der Waals surface area (Å²) in [7, 11) is 0. The summed E-state index contributed by atoms with van der Waals surface area (Å²) >= 11 is 0. The number of fused-ring (bicyclic) bond motifs is 2. The van der Waals surface area contributed by atoms with Gasteiger partial charge in [-0.2, -0.15) is 0 Å². The largest absolute Gasteiger partial charge is 0.356 e. The van der Waals surface area contributed by atoms with Crippen LogP contribution >= 0.6 is 0 Å². The highest BCUT2D eigenvalue weighted by Gasteiger charge is 2.15. The number of imidazole rings is 1. The predicted octanol–water partition coefficient (Wildman–Crippen LogP) is 2.81. The summed E-state index contributed by atoms with van der Waals surface area (Å²) in [6.45, 7) is 3.68. The maximum atomic E-state index is 12.1. The Kier molecular flexibility index (Phi) is 4.26. The van der Waals surface area contributed by atoms with Crippen molar-refractivity contribution in [3.63, 3.8) is 0 Å². The van der Waals surface area contributed by atoms with Gasteiger partial charge in [0.05, 0.1) is 16.7 Å². The fraction of sp³-hybridized carbons (Fsp3) is 0.421. The Balaban J connectivity index is 1.40. The van der Waals surface area contributed by atoms with E-state index in [9.17, 15) is 4.79 Å². The van der Waals surface area contributed by atoms with Crippen LogP contribution in [0.15, 0.2) is 29.1 Å². The molecule has 0 atom stereocenters. The van der Waals surface area contributed by atoms with Gasteiger partial charge >= 0.3 is 0 Å². The summed E-state index contributed by atoms with van der Waals surface area (Å²) < 4.78 is 2.24. The maximum absolute atomic E-state index is 12.1. The molecule has 25 heavy (non-hydrogen) atoms. The van der Waals surface area contributed by atoms with Crippen LogP contribution in [0.2, 0.25) is 0 Å². The first kappa shape index (κ1) is 15.9. The van der Waals surface area contributed by atoms with Crippen molar-refractivity contribution in [1.29, 1.82) is 0 Å². The minimum Gasteiger partial charge on any atom is -0.356 e. The van der Waals surface area contributed by atoms with E-state index in [1.165, 1.54) is 5.52 Å². The van der Waals surface area contributed by atoms with E-state index in [1.54, 1.807) is 0 Å². The number of benzene rings is 1. The Bertz CT molecular complexity index is 956. The molecule has 1 aromatic carbocycles.